The molecule has 214 valence electrons. The van der Waals surface area contributed by atoms with Gasteiger partial charge in [0.25, 0.3) is 0 Å². The molecule has 3 heterocycles. The van der Waals surface area contributed by atoms with Crippen LogP contribution in [0.15, 0.2) is 110 Å². The lowest BCUT2D eigenvalue weighted by atomic mass is 9.64. The van der Waals surface area contributed by atoms with Crippen LogP contribution in [0.4, 0.5) is 5.82 Å². The number of methoxy groups -OCH3 is 1. The third-order valence-electron chi connectivity index (χ3n) is 8.30. The lowest BCUT2D eigenvalue weighted by molar-refractivity contribution is -0.140. The van der Waals surface area contributed by atoms with Gasteiger partial charge in [-0.2, -0.15) is 5.26 Å². The summed E-state index contributed by atoms with van der Waals surface area (Å²) in [5.74, 6) is 0.567. The molecule has 1 amide bonds. The molecule has 2 aromatic heterocycles. The molecule has 0 N–H and O–H groups in total. The zero-order valence-corrected chi connectivity index (χ0v) is 24.0. The van der Waals surface area contributed by atoms with E-state index in [9.17, 15) is 5.26 Å². The highest BCUT2D eigenvalue weighted by Crippen LogP contribution is 2.49. The van der Waals surface area contributed by atoms with Crippen molar-refractivity contribution in [3.05, 3.63) is 127 Å². The van der Waals surface area contributed by atoms with Crippen LogP contribution in [0.25, 0.3) is 10.8 Å². The van der Waals surface area contributed by atoms with E-state index in [1.807, 2.05) is 65.6 Å². The molecule has 0 bridgehead atoms. The van der Waals surface area contributed by atoms with Crippen molar-refractivity contribution >= 4 is 22.5 Å². The van der Waals surface area contributed by atoms with Gasteiger partial charge in [0.2, 0.25) is 5.91 Å². The number of nitriles is 1. The van der Waals surface area contributed by atoms with Gasteiger partial charge in [0, 0.05) is 68.9 Å². The summed E-state index contributed by atoms with van der Waals surface area (Å²) < 4.78 is 5.87. The number of amides is 1. The van der Waals surface area contributed by atoms with E-state index >= 15 is 4.79 Å². The number of anilines is 1. The number of rotatable bonds is 8. The summed E-state index contributed by atoms with van der Waals surface area (Å²) in [4.78, 5) is 31.9. The van der Waals surface area contributed by atoms with Crippen LogP contribution in [0, 0.1) is 16.7 Å². The van der Waals surface area contributed by atoms with Crippen molar-refractivity contribution in [3.63, 3.8) is 0 Å². The molecule has 43 heavy (non-hydrogen) atoms. The number of aromatic nitrogens is 3. The van der Waals surface area contributed by atoms with Crippen LogP contribution in [-0.2, 0) is 11.2 Å². The van der Waals surface area contributed by atoms with Gasteiger partial charge < -0.3 is 14.5 Å². The molecule has 5 aromatic rings. The SMILES string of the molecule is COc1ccccc1C(c1cccc2ccccc12)C(C#N)(Cc1cccnc1)C(=O)N1CCN(c2cnccn2)CC1. The Hall–Kier alpha value is -5.29. The van der Waals surface area contributed by atoms with Crippen molar-refractivity contribution in [2.75, 3.05) is 38.2 Å². The Morgan fingerprint density at radius 3 is 2.37 bits per heavy atom. The second kappa shape index (κ2) is 12.3. The Labute approximate surface area is 251 Å². The summed E-state index contributed by atoms with van der Waals surface area (Å²) in [7, 11) is 1.63. The molecule has 2 unspecified atom stereocenters. The van der Waals surface area contributed by atoms with E-state index in [4.69, 9.17) is 4.74 Å². The molecular formula is C35H32N6O2. The molecule has 0 radical (unpaired) electrons. The summed E-state index contributed by atoms with van der Waals surface area (Å²) >= 11 is 0. The lowest BCUT2D eigenvalue weighted by Crippen LogP contribution is -2.55. The van der Waals surface area contributed by atoms with Gasteiger partial charge in [-0.25, -0.2) is 4.98 Å². The molecule has 0 saturated carbocycles. The summed E-state index contributed by atoms with van der Waals surface area (Å²) in [5, 5.41) is 13.3. The molecule has 1 aliphatic heterocycles. The predicted octanol–water partition coefficient (Wildman–Crippen LogP) is 5.27. The van der Waals surface area contributed by atoms with Crippen LogP contribution in [0.1, 0.15) is 22.6 Å². The van der Waals surface area contributed by atoms with Crippen LogP contribution < -0.4 is 9.64 Å². The number of carbonyl (C=O) groups is 1. The first-order valence-electron chi connectivity index (χ1n) is 14.4. The van der Waals surface area contributed by atoms with Crippen LogP contribution in [0.3, 0.4) is 0 Å². The van der Waals surface area contributed by atoms with Gasteiger partial charge in [-0.1, -0.05) is 66.7 Å². The quantitative estimate of drug-likeness (QED) is 0.252. The third kappa shape index (κ3) is 5.38. The van der Waals surface area contributed by atoms with Gasteiger partial charge in [0.05, 0.1) is 19.4 Å². The highest BCUT2D eigenvalue weighted by atomic mass is 16.5. The zero-order chi connectivity index (χ0) is 29.6. The molecule has 8 nitrogen and oxygen atoms in total. The Balaban J connectivity index is 1.51. The fourth-order valence-corrected chi connectivity index (χ4v) is 6.26. The number of pyridine rings is 1. The van der Waals surface area contributed by atoms with Crippen molar-refractivity contribution in [1.82, 2.24) is 19.9 Å². The van der Waals surface area contributed by atoms with Crippen molar-refractivity contribution in [2.24, 2.45) is 5.41 Å². The molecule has 8 heteroatoms. The normalized spacial score (nSPS) is 15.3. The molecule has 1 aliphatic rings. The highest BCUT2D eigenvalue weighted by molar-refractivity contribution is 5.92. The maximum atomic E-state index is 15.0. The molecule has 6 rings (SSSR count). The minimum absolute atomic E-state index is 0.187. The number of nitrogens with zero attached hydrogens (tertiary/aromatic N) is 6. The van der Waals surface area contributed by atoms with E-state index in [0.717, 1.165) is 33.3 Å². The average molecular weight is 569 g/mol. The maximum absolute atomic E-state index is 15.0. The number of ether oxygens (including phenoxy) is 1. The Morgan fingerprint density at radius 1 is 0.884 bits per heavy atom. The smallest absolute Gasteiger partial charge is 0.244 e. The number of benzene rings is 3. The van der Waals surface area contributed by atoms with Crippen molar-refractivity contribution in [2.45, 2.75) is 12.3 Å². The maximum Gasteiger partial charge on any atom is 0.244 e. The van der Waals surface area contributed by atoms with Crippen molar-refractivity contribution < 1.29 is 9.53 Å². The first-order chi connectivity index (χ1) is 21.1. The fourth-order valence-electron chi connectivity index (χ4n) is 6.26. The first-order valence-corrected chi connectivity index (χ1v) is 14.4. The molecule has 0 spiro atoms. The lowest BCUT2D eigenvalue weighted by Gasteiger charge is -2.42. The van der Waals surface area contributed by atoms with Crippen molar-refractivity contribution in [3.8, 4) is 11.8 Å². The largest absolute Gasteiger partial charge is 0.496 e. The van der Waals surface area contributed by atoms with E-state index in [1.54, 1.807) is 38.1 Å². The van der Waals surface area contributed by atoms with Crippen molar-refractivity contribution in [1.29, 1.82) is 5.26 Å². The topological polar surface area (TPSA) is 95.2 Å². The molecule has 2 atom stereocenters. The summed E-state index contributed by atoms with van der Waals surface area (Å²) in [6.07, 6.45) is 8.68. The summed E-state index contributed by atoms with van der Waals surface area (Å²) in [6, 6.07) is 28.3. The second-order valence-electron chi connectivity index (χ2n) is 10.7. The van der Waals surface area contributed by atoms with Gasteiger partial charge >= 0.3 is 0 Å². The minimum atomic E-state index is -1.50. The third-order valence-corrected chi connectivity index (χ3v) is 8.30. The van der Waals surface area contributed by atoms with Crippen LogP contribution in [0.2, 0.25) is 0 Å². The van der Waals surface area contributed by atoms with Gasteiger partial charge in [-0.05, 0) is 34.0 Å². The van der Waals surface area contributed by atoms with Crippen LogP contribution in [-0.4, -0.2) is 59.0 Å². The first kappa shape index (κ1) is 27.9. The van der Waals surface area contributed by atoms with Gasteiger partial charge in [0.15, 0.2) is 5.41 Å². The Bertz CT molecular complexity index is 1740. The summed E-state index contributed by atoms with van der Waals surface area (Å²) in [5.41, 5.74) is 1.00. The van der Waals surface area contributed by atoms with Crippen LogP contribution in [0.5, 0.6) is 5.75 Å². The van der Waals surface area contributed by atoms with E-state index in [2.05, 4.69) is 44.1 Å². The van der Waals surface area contributed by atoms with E-state index < -0.39 is 11.3 Å². The van der Waals surface area contributed by atoms with E-state index in [1.165, 1.54) is 0 Å². The van der Waals surface area contributed by atoms with Gasteiger partial charge in [-0.3, -0.25) is 14.8 Å². The molecular weight excluding hydrogens is 536 g/mol. The number of fused-ring (bicyclic) bond motifs is 1. The van der Waals surface area contributed by atoms with E-state index in [-0.39, 0.29) is 12.3 Å². The molecule has 3 aromatic carbocycles. The van der Waals surface area contributed by atoms with Gasteiger partial charge in [0.1, 0.15) is 11.6 Å². The van der Waals surface area contributed by atoms with E-state index in [0.29, 0.717) is 31.9 Å². The minimum Gasteiger partial charge on any atom is -0.496 e. The fraction of sp³-hybridized carbons (Fsp3) is 0.229. The number of carbonyl (C=O) groups excluding carboxylic acids is 1. The Kier molecular flexibility index (Phi) is 7.96. The molecule has 1 fully saturated rings. The van der Waals surface area contributed by atoms with Crippen LogP contribution >= 0.6 is 0 Å². The molecule has 0 aliphatic carbocycles. The highest BCUT2D eigenvalue weighted by Gasteiger charge is 2.51. The number of hydrogen-bond acceptors (Lipinski definition) is 7. The summed E-state index contributed by atoms with van der Waals surface area (Å²) in [6.45, 7) is 2.10. The monoisotopic (exact) mass is 568 g/mol. The molecule has 1 saturated heterocycles. The average Bonchev–Trinajstić information content (AvgIpc) is 3.09. The second-order valence-corrected chi connectivity index (χ2v) is 10.7. The number of hydrogen-bond donors (Lipinski definition) is 0. The predicted molar refractivity (Wildman–Crippen MR) is 166 cm³/mol. The standard InChI is InChI=1S/C35H32N6O2/c1-43-31-14-5-4-12-30(31)33(29-13-6-10-27-9-2-3-11-28(27)29)35(25-36,22-26-8-7-15-37-23-26)34(42)41-20-18-40(19-21-41)32-24-38-16-17-39-32/h2-17,23-24,33H,18-22H2,1H3. The zero-order valence-electron chi connectivity index (χ0n) is 24.0. The number of piperazine rings is 1. The number of para-hydroxylation sites is 1. The Morgan fingerprint density at radius 2 is 1.63 bits per heavy atom. The van der Waals surface area contributed by atoms with Gasteiger partial charge in [-0.15, -0.1) is 0 Å².